The first kappa shape index (κ1) is 19.1. The molecule has 1 aromatic carbocycles. The number of benzene rings is 1. The minimum atomic E-state index is -0.453. The van der Waals surface area contributed by atoms with Crippen molar-refractivity contribution in [2.45, 2.75) is 32.5 Å². The maximum Gasteiger partial charge on any atom is 0.262 e. The van der Waals surface area contributed by atoms with Gasteiger partial charge in [-0.25, -0.2) is 4.39 Å². The molecular weight excluding hydrogens is 325 g/mol. The Morgan fingerprint density at radius 2 is 1.84 bits per heavy atom. The molecule has 1 aliphatic rings. The number of hydrogen-bond acceptors (Lipinski definition) is 4. The molecule has 2 N–H and O–H groups in total. The lowest BCUT2D eigenvalue weighted by Crippen LogP contribution is -2.47. The van der Waals surface area contributed by atoms with Crippen molar-refractivity contribution in [2.24, 2.45) is 0 Å². The smallest absolute Gasteiger partial charge is 0.262 e. The van der Waals surface area contributed by atoms with Gasteiger partial charge < -0.3 is 4.74 Å². The zero-order chi connectivity index (χ0) is 18.2. The summed E-state index contributed by atoms with van der Waals surface area (Å²) >= 11 is 0. The molecule has 25 heavy (non-hydrogen) atoms. The van der Waals surface area contributed by atoms with Crippen molar-refractivity contribution in [3.05, 3.63) is 41.7 Å². The average molecular weight is 349 g/mol. The first-order chi connectivity index (χ1) is 11.9. The molecule has 1 heterocycles. The highest BCUT2D eigenvalue weighted by atomic mass is 19.1. The number of ether oxygens (including phenoxy) is 1. The average Bonchev–Trinajstić information content (AvgIpc) is 2.57. The quantitative estimate of drug-likeness (QED) is 0.624. The van der Waals surface area contributed by atoms with Gasteiger partial charge in [-0.15, -0.1) is 0 Å². The molecule has 136 valence electrons. The summed E-state index contributed by atoms with van der Waals surface area (Å²) in [5.74, 6) is -1.04. The molecule has 0 aliphatic carbocycles. The largest absolute Gasteiger partial charge is 0.373 e. The van der Waals surface area contributed by atoms with Crippen molar-refractivity contribution in [1.82, 2.24) is 15.8 Å². The van der Waals surface area contributed by atoms with Gasteiger partial charge in [0.1, 0.15) is 5.82 Å². The Morgan fingerprint density at radius 1 is 1.20 bits per heavy atom. The second kappa shape index (κ2) is 9.29. The van der Waals surface area contributed by atoms with Crippen LogP contribution in [0.1, 0.15) is 25.8 Å². The minimum Gasteiger partial charge on any atom is -0.373 e. The number of carbonyl (C=O) groups excluding carboxylic acids is 2. The summed E-state index contributed by atoms with van der Waals surface area (Å²) in [6.07, 6.45) is 3.42. The van der Waals surface area contributed by atoms with Crippen LogP contribution in [0.15, 0.2) is 30.3 Å². The van der Waals surface area contributed by atoms with E-state index in [1.807, 2.05) is 13.8 Å². The summed E-state index contributed by atoms with van der Waals surface area (Å²) in [6, 6.07) is 5.74. The third-order valence-corrected chi connectivity index (χ3v) is 3.77. The maximum absolute atomic E-state index is 12.8. The van der Waals surface area contributed by atoms with E-state index < -0.39 is 5.91 Å². The summed E-state index contributed by atoms with van der Waals surface area (Å²) in [6.45, 7) is 6.23. The summed E-state index contributed by atoms with van der Waals surface area (Å²) in [5.41, 5.74) is 5.40. The Balaban J connectivity index is 1.67. The van der Waals surface area contributed by atoms with E-state index in [2.05, 4.69) is 15.8 Å². The van der Waals surface area contributed by atoms with E-state index in [-0.39, 0.29) is 23.9 Å². The van der Waals surface area contributed by atoms with Gasteiger partial charge >= 0.3 is 0 Å². The maximum atomic E-state index is 12.8. The van der Waals surface area contributed by atoms with Crippen molar-refractivity contribution >= 4 is 17.9 Å². The molecule has 2 rings (SSSR count). The van der Waals surface area contributed by atoms with Gasteiger partial charge in [0.2, 0.25) is 5.91 Å². The van der Waals surface area contributed by atoms with Gasteiger partial charge in [-0.3, -0.25) is 25.3 Å². The van der Waals surface area contributed by atoms with Crippen LogP contribution in [0.4, 0.5) is 4.39 Å². The lowest BCUT2D eigenvalue weighted by Gasteiger charge is -2.35. The number of hydrazine groups is 1. The fraction of sp³-hybridized carbons (Fsp3) is 0.444. The van der Waals surface area contributed by atoms with Crippen LogP contribution in [0, 0.1) is 5.82 Å². The van der Waals surface area contributed by atoms with E-state index >= 15 is 0 Å². The Kier molecular flexibility index (Phi) is 7.09. The van der Waals surface area contributed by atoms with Crippen molar-refractivity contribution in [2.75, 3.05) is 19.6 Å². The molecule has 1 aliphatic heterocycles. The van der Waals surface area contributed by atoms with Crippen LogP contribution in [-0.4, -0.2) is 48.6 Å². The van der Waals surface area contributed by atoms with E-state index in [4.69, 9.17) is 4.74 Å². The minimum absolute atomic E-state index is 0.156. The number of rotatable bonds is 5. The van der Waals surface area contributed by atoms with E-state index in [1.165, 1.54) is 24.3 Å². The lowest BCUT2D eigenvalue weighted by molar-refractivity contribution is -0.127. The standard InChI is InChI=1S/C18H24FN3O3/c1-13-11-22(12-14(2)25-13)10-9-18(24)21-20-17(23)8-5-15-3-6-16(19)7-4-15/h3-8,13-14H,9-12H2,1-2H3,(H,20,23)(H,21,24)/b8-5+/t13-,14-/m1/s1. The van der Waals surface area contributed by atoms with E-state index in [9.17, 15) is 14.0 Å². The third-order valence-electron chi connectivity index (χ3n) is 3.77. The fourth-order valence-electron chi connectivity index (χ4n) is 2.71. The summed E-state index contributed by atoms with van der Waals surface area (Å²) in [4.78, 5) is 25.7. The van der Waals surface area contributed by atoms with Crippen molar-refractivity contribution in [1.29, 1.82) is 0 Å². The molecule has 0 saturated carbocycles. The molecule has 0 radical (unpaired) electrons. The van der Waals surface area contributed by atoms with Crippen LogP contribution in [0.25, 0.3) is 6.08 Å². The van der Waals surface area contributed by atoms with E-state index in [0.29, 0.717) is 18.5 Å². The highest BCUT2D eigenvalue weighted by Gasteiger charge is 2.22. The van der Waals surface area contributed by atoms with Gasteiger partial charge in [0, 0.05) is 32.1 Å². The monoisotopic (exact) mass is 349 g/mol. The first-order valence-electron chi connectivity index (χ1n) is 8.32. The van der Waals surface area contributed by atoms with E-state index in [0.717, 1.165) is 13.1 Å². The van der Waals surface area contributed by atoms with Gasteiger partial charge in [-0.2, -0.15) is 0 Å². The topological polar surface area (TPSA) is 70.7 Å². The predicted octanol–water partition coefficient (Wildman–Crippen LogP) is 1.49. The number of carbonyl (C=O) groups is 2. The highest BCUT2D eigenvalue weighted by molar-refractivity contribution is 5.93. The molecule has 7 heteroatoms. The normalized spacial score (nSPS) is 21.2. The van der Waals surface area contributed by atoms with Crippen LogP contribution in [0.3, 0.4) is 0 Å². The zero-order valence-corrected chi connectivity index (χ0v) is 14.5. The van der Waals surface area contributed by atoms with Gasteiger partial charge in [0.15, 0.2) is 0 Å². The lowest BCUT2D eigenvalue weighted by atomic mass is 10.2. The molecule has 0 unspecified atom stereocenters. The number of hydrogen-bond donors (Lipinski definition) is 2. The number of amides is 2. The Bertz CT molecular complexity index is 608. The van der Waals surface area contributed by atoms with Crippen LogP contribution >= 0.6 is 0 Å². The molecule has 0 spiro atoms. The molecular formula is C18H24FN3O3. The predicted molar refractivity (Wildman–Crippen MR) is 92.8 cm³/mol. The molecule has 1 fully saturated rings. The van der Waals surface area contributed by atoms with Crippen LogP contribution in [0.5, 0.6) is 0 Å². The second-order valence-corrected chi connectivity index (χ2v) is 6.19. The zero-order valence-electron chi connectivity index (χ0n) is 14.5. The van der Waals surface area contributed by atoms with Crippen LogP contribution in [0.2, 0.25) is 0 Å². The van der Waals surface area contributed by atoms with Crippen molar-refractivity contribution < 1.29 is 18.7 Å². The third kappa shape index (κ3) is 7.03. The van der Waals surface area contributed by atoms with Gasteiger partial charge in [-0.05, 0) is 37.6 Å². The Hall–Kier alpha value is -2.25. The molecule has 1 saturated heterocycles. The van der Waals surface area contributed by atoms with Crippen LogP contribution < -0.4 is 10.9 Å². The van der Waals surface area contributed by atoms with Crippen LogP contribution in [-0.2, 0) is 14.3 Å². The van der Waals surface area contributed by atoms with Crippen molar-refractivity contribution in [3.8, 4) is 0 Å². The summed E-state index contributed by atoms with van der Waals surface area (Å²) in [5, 5.41) is 0. The highest BCUT2D eigenvalue weighted by Crippen LogP contribution is 2.10. The molecule has 2 amide bonds. The summed E-state index contributed by atoms with van der Waals surface area (Å²) < 4.78 is 18.4. The molecule has 6 nitrogen and oxygen atoms in total. The van der Waals surface area contributed by atoms with E-state index in [1.54, 1.807) is 12.1 Å². The van der Waals surface area contributed by atoms with Gasteiger partial charge in [0.05, 0.1) is 12.2 Å². The van der Waals surface area contributed by atoms with Gasteiger partial charge in [-0.1, -0.05) is 12.1 Å². The number of halogens is 1. The summed E-state index contributed by atoms with van der Waals surface area (Å²) in [7, 11) is 0. The number of nitrogens with one attached hydrogen (secondary N) is 2. The fourth-order valence-corrected chi connectivity index (χ4v) is 2.71. The molecule has 0 aromatic heterocycles. The first-order valence-corrected chi connectivity index (χ1v) is 8.32. The SMILES string of the molecule is C[C@@H]1CN(CCC(=O)NNC(=O)/C=C/c2ccc(F)cc2)C[C@@H](C)O1. The molecule has 1 aromatic rings. The number of nitrogens with zero attached hydrogens (tertiary/aromatic N) is 1. The number of morpholine rings is 1. The molecule has 2 atom stereocenters. The Labute approximate surface area is 147 Å². The Morgan fingerprint density at radius 3 is 2.48 bits per heavy atom. The molecule has 0 bridgehead atoms. The van der Waals surface area contributed by atoms with Gasteiger partial charge in [0.25, 0.3) is 5.91 Å². The van der Waals surface area contributed by atoms with Crippen molar-refractivity contribution in [3.63, 3.8) is 0 Å². The second-order valence-electron chi connectivity index (χ2n) is 6.19.